The number of nitriles is 1. The molecule has 1 saturated carbocycles. The molecule has 1 amide bonds. The Morgan fingerprint density at radius 1 is 1.32 bits per heavy atom. The second-order valence-electron chi connectivity index (χ2n) is 6.71. The quantitative estimate of drug-likeness (QED) is 0.776. The van der Waals surface area contributed by atoms with Gasteiger partial charge in [-0.2, -0.15) is 5.26 Å². The van der Waals surface area contributed by atoms with Crippen LogP contribution in [0.5, 0.6) is 0 Å². The van der Waals surface area contributed by atoms with Crippen LogP contribution in [0.3, 0.4) is 0 Å². The Kier molecular flexibility index (Phi) is 5.01. The third kappa shape index (κ3) is 3.29. The van der Waals surface area contributed by atoms with E-state index in [1.807, 2.05) is 25.8 Å². The first-order valence-electron chi connectivity index (χ1n) is 7.50. The number of hydrogen-bond donors (Lipinski definition) is 0. The molecule has 3 nitrogen and oxygen atoms in total. The molecule has 0 radical (unpaired) electrons. The van der Waals surface area contributed by atoms with Crippen LogP contribution in [0.25, 0.3) is 0 Å². The number of nitrogens with zero attached hydrogens (tertiary/aromatic N) is 2. The minimum Gasteiger partial charge on any atom is -0.341 e. The molecule has 0 heterocycles. The predicted octanol–water partition coefficient (Wildman–Crippen LogP) is 3.74. The van der Waals surface area contributed by atoms with Crippen LogP contribution in [-0.2, 0) is 4.79 Å². The highest BCUT2D eigenvalue weighted by molar-refractivity contribution is 5.85. The van der Waals surface area contributed by atoms with E-state index in [4.69, 9.17) is 0 Å². The maximum absolute atomic E-state index is 12.6. The molecule has 0 atom stereocenters. The summed E-state index contributed by atoms with van der Waals surface area (Å²) in [6, 6.07) is 2.57. The summed E-state index contributed by atoms with van der Waals surface area (Å²) < 4.78 is 0. The summed E-state index contributed by atoms with van der Waals surface area (Å²) in [5.41, 5.74) is -0.413. The first-order valence-corrected chi connectivity index (χ1v) is 7.50. The molecular weight excluding hydrogens is 236 g/mol. The number of carbonyl (C=O) groups excluding carboxylic acids is 1. The fraction of sp³-hybridized carbons (Fsp3) is 0.875. The van der Waals surface area contributed by atoms with Crippen LogP contribution in [0.15, 0.2) is 0 Å². The second-order valence-corrected chi connectivity index (χ2v) is 6.71. The second kappa shape index (κ2) is 5.94. The van der Waals surface area contributed by atoms with Crippen molar-refractivity contribution >= 4 is 5.91 Å². The van der Waals surface area contributed by atoms with E-state index in [1.165, 1.54) is 0 Å². The van der Waals surface area contributed by atoms with Crippen LogP contribution in [0.2, 0.25) is 0 Å². The summed E-state index contributed by atoms with van der Waals surface area (Å²) in [6.45, 7) is 8.45. The van der Waals surface area contributed by atoms with Gasteiger partial charge in [0, 0.05) is 13.1 Å². The van der Waals surface area contributed by atoms with Crippen LogP contribution < -0.4 is 0 Å². The molecule has 0 bridgehead atoms. The normalized spacial score (nSPS) is 19.8. The van der Waals surface area contributed by atoms with Crippen LogP contribution in [0, 0.1) is 22.2 Å². The SMILES string of the molecule is CCC(C#N)(CC)C(=O)N(C)C1CCC(C)(C)CC1. The number of hydrogen-bond acceptors (Lipinski definition) is 2. The first-order chi connectivity index (χ1) is 8.82. The van der Waals surface area contributed by atoms with E-state index in [2.05, 4.69) is 19.9 Å². The average Bonchev–Trinajstić information content (AvgIpc) is 2.40. The molecule has 19 heavy (non-hydrogen) atoms. The zero-order chi connectivity index (χ0) is 14.7. The molecule has 1 aliphatic rings. The first kappa shape index (κ1) is 16.0. The Hall–Kier alpha value is -1.04. The van der Waals surface area contributed by atoms with Gasteiger partial charge >= 0.3 is 0 Å². The smallest absolute Gasteiger partial charge is 0.243 e. The van der Waals surface area contributed by atoms with Gasteiger partial charge in [-0.3, -0.25) is 4.79 Å². The summed E-state index contributed by atoms with van der Waals surface area (Å²) in [7, 11) is 1.88. The molecule has 0 aromatic carbocycles. The van der Waals surface area contributed by atoms with Gasteiger partial charge in [0.05, 0.1) is 6.07 Å². The zero-order valence-corrected chi connectivity index (χ0v) is 13.1. The summed E-state index contributed by atoms with van der Waals surface area (Å²) in [5.74, 6) is 0.0182. The van der Waals surface area contributed by atoms with Crippen molar-refractivity contribution < 1.29 is 4.79 Å². The van der Waals surface area contributed by atoms with Gasteiger partial charge in [-0.1, -0.05) is 27.7 Å². The van der Waals surface area contributed by atoms with Crippen LogP contribution in [0.1, 0.15) is 66.2 Å². The van der Waals surface area contributed by atoms with Gasteiger partial charge in [0.15, 0.2) is 0 Å². The Balaban J connectivity index is 2.76. The van der Waals surface area contributed by atoms with Gasteiger partial charge in [-0.25, -0.2) is 0 Å². The van der Waals surface area contributed by atoms with Crippen molar-refractivity contribution in [3.8, 4) is 6.07 Å². The van der Waals surface area contributed by atoms with Crippen LogP contribution >= 0.6 is 0 Å². The Labute approximate surface area is 118 Å². The Morgan fingerprint density at radius 2 is 1.79 bits per heavy atom. The molecule has 0 aliphatic heterocycles. The van der Waals surface area contributed by atoms with Crippen molar-refractivity contribution in [1.29, 1.82) is 5.26 Å². The third-order valence-electron chi connectivity index (χ3n) is 5.01. The molecule has 0 aromatic rings. The van der Waals surface area contributed by atoms with Crippen molar-refractivity contribution in [2.75, 3.05) is 7.05 Å². The molecule has 0 spiro atoms. The molecular formula is C16H28N2O. The van der Waals surface area contributed by atoms with Crippen LogP contribution in [-0.4, -0.2) is 23.9 Å². The fourth-order valence-electron chi connectivity index (χ4n) is 3.03. The highest BCUT2D eigenvalue weighted by Crippen LogP contribution is 2.38. The van der Waals surface area contributed by atoms with Gasteiger partial charge in [0.2, 0.25) is 5.91 Å². The lowest BCUT2D eigenvalue weighted by Gasteiger charge is -2.40. The monoisotopic (exact) mass is 264 g/mol. The summed E-state index contributed by atoms with van der Waals surface area (Å²) in [4.78, 5) is 14.5. The van der Waals surface area contributed by atoms with Crippen LogP contribution in [0.4, 0.5) is 0 Å². The molecule has 0 N–H and O–H groups in total. The maximum Gasteiger partial charge on any atom is 0.243 e. The highest BCUT2D eigenvalue weighted by Gasteiger charge is 2.40. The minimum atomic E-state index is -0.818. The van der Waals surface area contributed by atoms with Gasteiger partial charge in [0.1, 0.15) is 5.41 Å². The van der Waals surface area contributed by atoms with Gasteiger partial charge in [-0.05, 0) is 43.9 Å². The lowest BCUT2D eigenvalue weighted by molar-refractivity contribution is -0.141. The largest absolute Gasteiger partial charge is 0.341 e. The van der Waals surface area contributed by atoms with E-state index in [1.54, 1.807) is 0 Å². The topological polar surface area (TPSA) is 44.1 Å². The summed E-state index contributed by atoms with van der Waals surface area (Å²) in [6.07, 6.45) is 5.64. The summed E-state index contributed by atoms with van der Waals surface area (Å²) in [5, 5.41) is 9.38. The van der Waals surface area contributed by atoms with Crippen molar-refractivity contribution in [3.05, 3.63) is 0 Å². The average molecular weight is 264 g/mol. The predicted molar refractivity (Wildman–Crippen MR) is 77.4 cm³/mol. The molecule has 1 fully saturated rings. The fourth-order valence-corrected chi connectivity index (χ4v) is 3.03. The minimum absolute atomic E-state index is 0.0182. The Bertz CT molecular complexity index is 353. The number of rotatable bonds is 4. The van der Waals surface area contributed by atoms with Crippen molar-refractivity contribution in [2.24, 2.45) is 10.8 Å². The van der Waals surface area contributed by atoms with E-state index >= 15 is 0 Å². The lowest BCUT2D eigenvalue weighted by Crippen LogP contribution is -2.47. The summed E-state index contributed by atoms with van der Waals surface area (Å²) >= 11 is 0. The molecule has 1 aliphatic carbocycles. The molecule has 108 valence electrons. The van der Waals surface area contributed by atoms with E-state index in [0.717, 1.165) is 25.7 Å². The van der Waals surface area contributed by atoms with E-state index in [-0.39, 0.29) is 5.91 Å². The molecule has 0 saturated heterocycles. The Morgan fingerprint density at radius 3 is 2.16 bits per heavy atom. The van der Waals surface area contributed by atoms with Crippen molar-refractivity contribution in [2.45, 2.75) is 72.3 Å². The third-order valence-corrected chi connectivity index (χ3v) is 5.01. The van der Waals surface area contributed by atoms with Crippen molar-refractivity contribution in [3.63, 3.8) is 0 Å². The lowest BCUT2D eigenvalue weighted by atomic mass is 9.74. The van der Waals surface area contributed by atoms with Gasteiger partial charge in [-0.15, -0.1) is 0 Å². The highest BCUT2D eigenvalue weighted by atomic mass is 16.2. The number of amides is 1. The standard InChI is InChI=1S/C16H28N2O/c1-6-16(7-2,12-17)14(19)18(5)13-8-10-15(3,4)11-9-13/h13H,6-11H2,1-5H3. The van der Waals surface area contributed by atoms with Gasteiger partial charge < -0.3 is 4.90 Å². The molecule has 1 rings (SSSR count). The van der Waals surface area contributed by atoms with E-state index < -0.39 is 5.41 Å². The molecule has 0 aromatic heterocycles. The van der Waals surface area contributed by atoms with Crippen molar-refractivity contribution in [1.82, 2.24) is 4.90 Å². The van der Waals surface area contributed by atoms with E-state index in [0.29, 0.717) is 24.3 Å². The van der Waals surface area contributed by atoms with Gasteiger partial charge in [0.25, 0.3) is 0 Å². The molecule has 0 unspecified atom stereocenters. The molecule has 3 heteroatoms. The zero-order valence-electron chi connectivity index (χ0n) is 13.1. The number of carbonyl (C=O) groups is 1. The van der Waals surface area contributed by atoms with E-state index in [9.17, 15) is 10.1 Å². The maximum atomic E-state index is 12.6.